The van der Waals surface area contributed by atoms with E-state index in [-0.39, 0.29) is 37.2 Å². The van der Waals surface area contributed by atoms with Gasteiger partial charge in [0.2, 0.25) is 5.91 Å². The molecular weight excluding hydrogens is 447 g/mol. The van der Waals surface area contributed by atoms with Gasteiger partial charge in [-0.25, -0.2) is 0 Å². The van der Waals surface area contributed by atoms with Crippen LogP contribution in [0, 0.1) is 0 Å². The molecule has 0 aliphatic rings. The first-order valence-electron chi connectivity index (χ1n) is 8.60. The third-order valence-corrected chi connectivity index (χ3v) is 5.43. The summed E-state index contributed by atoms with van der Waals surface area (Å²) in [7, 11) is -3.02. The number of carbonyl (C=O) groups is 1. The Balaban J connectivity index is 2.22. The van der Waals surface area contributed by atoms with Crippen molar-refractivity contribution in [2.24, 2.45) is 0 Å². The zero-order chi connectivity index (χ0) is 22.4. The first-order chi connectivity index (χ1) is 14.1. The Kier molecular flexibility index (Phi) is 8.10. The Labute approximate surface area is 177 Å². The number of halogens is 4. The first kappa shape index (κ1) is 24.0. The smallest absolute Gasteiger partial charge is 0.383 e. The first-order valence-corrected chi connectivity index (χ1v) is 10.5. The third-order valence-electron chi connectivity index (χ3n) is 3.96. The summed E-state index contributed by atoms with van der Waals surface area (Å²) in [5, 5.41) is 0. The molecule has 2 aromatic rings. The van der Waals surface area contributed by atoms with E-state index >= 15 is 0 Å². The zero-order valence-corrected chi connectivity index (χ0v) is 17.4. The van der Waals surface area contributed by atoms with Gasteiger partial charge in [0.15, 0.2) is 0 Å². The number of methoxy groups -OCH3 is 1. The molecule has 0 radical (unpaired) electrons. The molecule has 2 rings (SSSR count). The highest BCUT2D eigenvalue weighted by Gasteiger charge is 2.32. The molecule has 0 saturated carbocycles. The lowest BCUT2D eigenvalue weighted by Gasteiger charge is -2.21. The predicted molar refractivity (Wildman–Crippen MR) is 104 cm³/mol. The van der Waals surface area contributed by atoms with Gasteiger partial charge in [0.1, 0.15) is 16.5 Å². The number of hydrogen-bond donors (Lipinski definition) is 0. The van der Waals surface area contributed by atoms with Crippen LogP contribution in [-0.2, 0) is 32.4 Å². The quantitative estimate of drug-likeness (QED) is 0.417. The van der Waals surface area contributed by atoms with E-state index in [0.29, 0.717) is 11.6 Å². The summed E-state index contributed by atoms with van der Waals surface area (Å²) in [4.78, 5) is 12.8. The minimum Gasteiger partial charge on any atom is -0.383 e. The van der Waals surface area contributed by atoms with Crippen LogP contribution in [0.3, 0.4) is 0 Å². The maximum Gasteiger partial charge on any atom is 0.416 e. The fourth-order valence-corrected chi connectivity index (χ4v) is 3.64. The molecule has 0 aromatic heterocycles. The summed E-state index contributed by atoms with van der Waals surface area (Å²) >= 11 is 5.61. The molecule has 2 aromatic carbocycles. The molecule has 6 nitrogen and oxygen atoms in total. The molecule has 0 N–H and O–H groups in total. The Morgan fingerprint density at radius 3 is 2.47 bits per heavy atom. The molecule has 1 amide bonds. The molecule has 0 saturated heterocycles. The Bertz CT molecular complexity index is 982. The van der Waals surface area contributed by atoms with Crippen molar-refractivity contribution in [2.45, 2.75) is 17.6 Å². The van der Waals surface area contributed by atoms with Gasteiger partial charge in [-0.3, -0.25) is 4.79 Å². The maximum absolute atomic E-state index is 12.9. The average molecular weight is 466 g/mol. The van der Waals surface area contributed by atoms with Crippen LogP contribution in [-0.4, -0.2) is 45.4 Å². The number of rotatable bonds is 9. The van der Waals surface area contributed by atoms with Gasteiger partial charge < -0.3 is 13.8 Å². The molecule has 0 unspecified atom stereocenters. The van der Waals surface area contributed by atoms with Crippen LogP contribution in [0.1, 0.15) is 11.1 Å². The highest BCUT2D eigenvalue weighted by Crippen LogP contribution is 2.31. The topological polar surface area (TPSA) is 72.9 Å². The average Bonchev–Trinajstić information content (AvgIpc) is 2.70. The third kappa shape index (κ3) is 6.61. The standard InChI is InChI=1S/C19H19ClF3NO5S/c1-28-9-8-24(18(25)12-20)13-14-4-2-6-16(10-14)29-30(26,27)17-7-3-5-15(11-17)19(21,22)23/h2-7,10-11H,8-9,12-13H2,1H3. The van der Waals surface area contributed by atoms with E-state index in [0.717, 1.165) is 18.2 Å². The normalized spacial score (nSPS) is 11.9. The van der Waals surface area contributed by atoms with Crippen LogP contribution in [0.25, 0.3) is 0 Å². The van der Waals surface area contributed by atoms with E-state index in [4.69, 9.17) is 20.5 Å². The molecule has 0 fully saturated rings. The number of benzene rings is 2. The van der Waals surface area contributed by atoms with Crippen molar-refractivity contribution < 1.29 is 35.3 Å². The van der Waals surface area contributed by atoms with E-state index < -0.39 is 26.8 Å². The lowest BCUT2D eigenvalue weighted by Crippen LogP contribution is -2.34. The second-order valence-corrected chi connectivity index (χ2v) is 7.97. The number of ether oxygens (including phenoxy) is 1. The lowest BCUT2D eigenvalue weighted by atomic mass is 10.2. The summed E-state index contributed by atoms with van der Waals surface area (Å²) in [6.45, 7) is 0.675. The van der Waals surface area contributed by atoms with Crippen LogP contribution < -0.4 is 4.18 Å². The lowest BCUT2D eigenvalue weighted by molar-refractivity contribution is -0.137. The van der Waals surface area contributed by atoms with E-state index in [1.165, 1.54) is 30.2 Å². The molecule has 164 valence electrons. The fraction of sp³-hybridized carbons (Fsp3) is 0.316. The number of nitrogens with zero attached hydrogens (tertiary/aromatic N) is 1. The van der Waals surface area contributed by atoms with Crippen LogP contribution in [0.2, 0.25) is 0 Å². The van der Waals surface area contributed by atoms with E-state index in [9.17, 15) is 26.4 Å². The predicted octanol–water partition coefficient (Wildman–Crippen LogP) is 3.69. The van der Waals surface area contributed by atoms with E-state index in [2.05, 4.69) is 0 Å². The van der Waals surface area contributed by atoms with Gasteiger partial charge in [-0.1, -0.05) is 18.2 Å². The summed E-state index contributed by atoms with van der Waals surface area (Å²) in [5.74, 6) is -0.671. The van der Waals surface area contributed by atoms with Gasteiger partial charge in [0.05, 0.1) is 12.2 Å². The molecule has 0 spiro atoms. The van der Waals surface area contributed by atoms with Gasteiger partial charge >= 0.3 is 16.3 Å². The molecule has 0 heterocycles. The number of alkyl halides is 4. The van der Waals surface area contributed by atoms with Gasteiger partial charge in [-0.2, -0.15) is 21.6 Å². The van der Waals surface area contributed by atoms with Gasteiger partial charge in [0, 0.05) is 20.2 Å². The largest absolute Gasteiger partial charge is 0.416 e. The molecule has 11 heteroatoms. The highest BCUT2D eigenvalue weighted by atomic mass is 35.5. The number of amides is 1. The van der Waals surface area contributed by atoms with Crippen molar-refractivity contribution in [1.82, 2.24) is 4.90 Å². The molecule has 0 aliphatic carbocycles. The molecule has 0 aliphatic heterocycles. The van der Waals surface area contributed by atoms with Crippen LogP contribution >= 0.6 is 11.6 Å². The van der Waals surface area contributed by atoms with Crippen molar-refractivity contribution in [1.29, 1.82) is 0 Å². The minimum atomic E-state index is -4.69. The van der Waals surface area contributed by atoms with Crippen LogP contribution in [0.5, 0.6) is 5.75 Å². The fourth-order valence-electron chi connectivity index (χ4n) is 2.50. The van der Waals surface area contributed by atoms with Crippen molar-refractivity contribution in [3.05, 3.63) is 59.7 Å². The van der Waals surface area contributed by atoms with E-state index in [1.807, 2.05) is 0 Å². The van der Waals surface area contributed by atoms with Gasteiger partial charge in [-0.15, -0.1) is 11.6 Å². The van der Waals surface area contributed by atoms with Crippen molar-refractivity contribution in [3.63, 3.8) is 0 Å². The highest BCUT2D eigenvalue weighted by molar-refractivity contribution is 7.87. The monoisotopic (exact) mass is 465 g/mol. The van der Waals surface area contributed by atoms with Gasteiger partial charge in [-0.05, 0) is 35.9 Å². The Morgan fingerprint density at radius 2 is 1.83 bits per heavy atom. The summed E-state index contributed by atoms with van der Waals surface area (Å²) in [5.41, 5.74) is -0.560. The summed E-state index contributed by atoms with van der Waals surface area (Å²) in [6, 6.07) is 9.15. The second kappa shape index (κ2) is 10.1. The maximum atomic E-state index is 12.9. The Hall–Kier alpha value is -2.30. The van der Waals surface area contributed by atoms with Gasteiger partial charge in [0.25, 0.3) is 0 Å². The van der Waals surface area contributed by atoms with Crippen molar-refractivity contribution in [2.75, 3.05) is 26.1 Å². The molecule has 0 bridgehead atoms. The molecular formula is C19H19ClF3NO5S. The summed E-state index contributed by atoms with van der Waals surface area (Å²) in [6.07, 6.45) is -4.69. The van der Waals surface area contributed by atoms with Crippen molar-refractivity contribution >= 4 is 27.6 Å². The second-order valence-electron chi connectivity index (χ2n) is 6.15. The van der Waals surface area contributed by atoms with E-state index in [1.54, 1.807) is 6.07 Å². The van der Waals surface area contributed by atoms with Crippen LogP contribution in [0.4, 0.5) is 13.2 Å². The van der Waals surface area contributed by atoms with Crippen molar-refractivity contribution in [3.8, 4) is 5.75 Å². The zero-order valence-electron chi connectivity index (χ0n) is 15.9. The minimum absolute atomic E-state index is 0.102. The number of hydrogen-bond acceptors (Lipinski definition) is 5. The SMILES string of the molecule is COCCN(Cc1cccc(OS(=O)(=O)c2cccc(C(F)(F)F)c2)c1)C(=O)CCl. The Morgan fingerprint density at radius 1 is 1.13 bits per heavy atom. The van der Waals surface area contributed by atoms with Crippen LogP contribution in [0.15, 0.2) is 53.4 Å². The molecule has 0 atom stereocenters. The number of carbonyl (C=O) groups excluding carboxylic acids is 1. The summed E-state index contributed by atoms with van der Waals surface area (Å²) < 4.78 is 73.4. The molecule has 30 heavy (non-hydrogen) atoms.